The van der Waals surface area contributed by atoms with E-state index >= 15 is 0 Å². The summed E-state index contributed by atoms with van der Waals surface area (Å²) in [6, 6.07) is 0. The van der Waals surface area contributed by atoms with Crippen LogP contribution in [-0.2, 0) is 9.53 Å². The van der Waals surface area contributed by atoms with Gasteiger partial charge in [0.15, 0.2) is 0 Å². The molecule has 0 aromatic carbocycles. The number of thioether (sulfide) groups is 1. The highest BCUT2D eigenvalue weighted by Gasteiger charge is 2.14. The van der Waals surface area contributed by atoms with Crippen molar-refractivity contribution >= 4 is 30.1 Å². The second-order valence-corrected chi connectivity index (χ2v) is 6.83. The predicted octanol–water partition coefficient (Wildman–Crippen LogP) is 1.12. The third-order valence-corrected chi connectivity index (χ3v) is 5.07. The van der Waals surface area contributed by atoms with Crippen LogP contribution in [0.25, 0.3) is 0 Å². The molecule has 1 atom stereocenters. The van der Waals surface area contributed by atoms with Crippen LogP contribution >= 0.6 is 24.2 Å². The largest absolute Gasteiger partial charge is 0.377 e. The minimum atomic E-state index is 0. The first kappa shape index (κ1) is 20.0. The highest BCUT2D eigenvalue weighted by molar-refractivity contribution is 7.99. The fourth-order valence-corrected chi connectivity index (χ4v) is 3.67. The highest BCUT2D eigenvalue weighted by atomic mass is 35.5. The zero-order valence-electron chi connectivity index (χ0n) is 13.3. The third-order valence-electron chi connectivity index (χ3n) is 3.99. The summed E-state index contributed by atoms with van der Waals surface area (Å²) in [7, 11) is 0. The summed E-state index contributed by atoms with van der Waals surface area (Å²) in [6.07, 6.45) is 5.02. The van der Waals surface area contributed by atoms with E-state index in [0.29, 0.717) is 11.9 Å². The summed E-state index contributed by atoms with van der Waals surface area (Å²) in [5, 5.41) is 6.37. The first-order valence-corrected chi connectivity index (χ1v) is 9.39. The molecule has 2 fully saturated rings. The molecule has 22 heavy (non-hydrogen) atoms. The van der Waals surface area contributed by atoms with Crippen LogP contribution in [0, 0.1) is 0 Å². The molecule has 0 radical (unpaired) electrons. The standard InChI is InChI=1S/C15H29N3O2S.ClH/c19-15(13-21-12-14-4-1-2-11-20-14)17-5-3-8-18-9-6-16-7-10-18;/h14,16H,1-13H2,(H,17,19);1H. The number of piperazine rings is 1. The number of amides is 1. The minimum Gasteiger partial charge on any atom is -0.377 e. The Morgan fingerprint density at radius 2 is 2.14 bits per heavy atom. The van der Waals surface area contributed by atoms with Gasteiger partial charge in [-0.3, -0.25) is 4.79 Å². The van der Waals surface area contributed by atoms with Gasteiger partial charge in [0.25, 0.3) is 0 Å². The third kappa shape index (κ3) is 8.58. The Balaban J connectivity index is 0.00000242. The summed E-state index contributed by atoms with van der Waals surface area (Å²) in [5.74, 6) is 1.68. The summed E-state index contributed by atoms with van der Waals surface area (Å²) < 4.78 is 5.66. The lowest BCUT2D eigenvalue weighted by molar-refractivity contribution is -0.118. The highest BCUT2D eigenvalue weighted by Crippen LogP contribution is 2.16. The van der Waals surface area contributed by atoms with Crippen LogP contribution in [0.5, 0.6) is 0 Å². The molecule has 2 heterocycles. The number of hydrogen-bond acceptors (Lipinski definition) is 5. The topological polar surface area (TPSA) is 53.6 Å². The normalized spacial score (nSPS) is 22.8. The van der Waals surface area contributed by atoms with Gasteiger partial charge in [0.1, 0.15) is 0 Å². The number of halogens is 1. The number of hydrogen-bond donors (Lipinski definition) is 2. The van der Waals surface area contributed by atoms with E-state index in [0.717, 1.165) is 64.5 Å². The molecule has 0 aromatic heterocycles. The van der Waals surface area contributed by atoms with Gasteiger partial charge in [-0.1, -0.05) is 0 Å². The molecular formula is C15H30ClN3O2S. The van der Waals surface area contributed by atoms with Crippen molar-refractivity contribution in [1.29, 1.82) is 0 Å². The molecule has 0 bridgehead atoms. The lowest BCUT2D eigenvalue weighted by Crippen LogP contribution is -2.44. The van der Waals surface area contributed by atoms with E-state index in [1.807, 2.05) is 0 Å². The lowest BCUT2D eigenvalue weighted by atomic mass is 10.1. The number of carbonyl (C=O) groups excluding carboxylic acids is 1. The number of rotatable bonds is 8. The molecule has 0 spiro atoms. The second kappa shape index (κ2) is 12.4. The van der Waals surface area contributed by atoms with Gasteiger partial charge < -0.3 is 20.3 Å². The van der Waals surface area contributed by atoms with Crippen molar-refractivity contribution in [2.75, 3.05) is 57.4 Å². The smallest absolute Gasteiger partial charge is 0.229 e. The van der Waals surface area contributed by atoms with E-state index in [4.69, 9.17) is 4.74 Å². The van der Waals surface area contributed by atoms with Crippen molar-refractivity contribution in [3.05, 3.63) is 0 Å². The summed E-state index contributed by atoms with van der Waals surface area (Å²) in [5.41, 5.74) is 0. The van der Waals surface area contributed by atoms with Gasteiger partial charge in [0.05, 0.1) is 11.9 Å². The van der Waals surface area contributed by atoms with Gasteiger partial charge in [-0.25, -0.2) is 0 Å². The van der Waals surface area contributed by atoms with Crippen LogP contribution in [0.1, 0.15) is 25.7 Å². The van der Waals surface area contributed by atoms with Crippen LogP contribution < -0.4 is 10.6 Å². The van der Waals surface area contributed by atoms with E-state index in [9.17, 15) is 4.79 Å². The molecule has 2 N–H and O–H groups in total. The van der Waals surface area contributed by atoms with Gasteiger partial charge in [0, 0.05) is 45.1 Å². The van der Waals surface area contributed by atoms with Crippen LogP contribution in [-0.4, -0.2) is 74.3 Å². The predicted molar refractivity (Wildman–Crippen MR) is 95.1 cm³/mol. The van der Waals surface area contributed by atoms with E-state index in [1.165, 1.54) is 12.8 Å². The average molecular weight is 352 g/mol. The molecular weight excluding hydrogens is 322 g/mol. The van der Waals surface area contributed by atoms with E-state index in [2.05, 4.69) is 15.5 Å². The van der Waals surface area contributed by atoms with E-state index in [-0.39, 0.29) is 18.3 Å². The second-order valence-electron chi connectivity index (χ2n) is 5.80. The van der Waals surface area contributed by atoms with Crippen molar-refractivity contribution in [2.24, 2.45) is 0 Å². The minimum absolute atomic E-state index is 0. The molecule has 2 saturated heterocycles. The monoisotopic (exact) mass is 351 g/mol. The summed E-state index contributed by atoms with van der Waals surface area (Å²) in [4.78, 5) is 14.2. The number of nitrogens with zero attached hydrogens (tertiary/aromatic N) is 1. The Morgan fingerprint density at radius 3 is 2.86 bits per heavy atom. The van der Waals surface area contributed by atoms with E-state index < -0.39 is 0 Å². The fourth-order valence-electron chi connectivity index (χ4n) is 2.74. The lowest BCUT2D eigenvalue weighted by Gasteiger charge is -2.27. The Labute approximate surface area is 144 Å². The Hall–Kier alpha value is -0.0100. The van der Waals surface area contributed by atoms with Crippen molar-refractivity contribution in [1.82, 2.24) is 15.5 Å². The molecule has 2 aliphatic heterocycles. The van der Waals surface area contributed by atoms with Gasteiger partial charge in [-0.15, -0.1) is 24.2 Å². The number of carbonyl (C=O) groups is 1. The molecule has 0 aliphatic carbocycles. The quantitative estimate of drug-likeness (QED) is 0.642. The van der Waals surface area contributed by atoms with Gasteiger partial charge in [-0.2, -0.15) is 0 Å². The first-order valence-electron chi connectivity index (χ1n) is 8.24. The van der Waals surface area contributed by atoms with Gasteiger partial charge in [0.2, 0.25) is 5.91 Å². The molecule has 1 amide bonds. The first-order chi connectivity index (χ1) is 10.3. The Bertz CT molecular complexity index is 299. The maximum Gasteiger partial charge on any atom is 0.229 e. The molecule has 130 valence electrons. The van der Waals surface area contributed by atoms with Crippen LogP contribution in [0.2, 0.25) is 0 Å². The molecule has 2 rings (SSSR count). The Morgan fingerprint density at radius 1 is 1.32 bits per heavy atom. The number of nitrogens with one attached hydrogen (secondary N) is 2. The zero-order chi connectivity index (χ0) is 14.8. The molecule has 1 unspecified atom stereocenters. The van der Waals surface area contributed by atoms with Crippen molar-refractivity contribution in [2.45, 2.75) is 31.8 Å². The molecule has 7 heteroatoms. The fraction of sp³-hybridized carbons (Fsp3) is 0.933. The number of ether oxygens (including phenoxy) is 1. The van der Waals surface area contributed by atoms with E-state index in [1.54, 1.807) is 11.8 Å². The molecule has 0 aromatic rings. The van der Waals surface area contributed by atoms with Gasteiger partial charge >= 0.3 is 0 Å². The van der Waals surface area contributed by atoms with Crippen LogP contribution in [0.4, 0.5) is 0 Å². The van der Waals surface area contributed by atoms with Crippen molar-refractivity contribution in [3.63, 3.8) is 0 Å². The SMILES string of the molecule is Cl.O=C(CSCC1CCCCO1)NCCCN1CCNCC1. The van der Waals surface area contributed by atoms with Crippen molar-refractivity contribution in [3.8, 4) is 0 Å². The average Bonchev–Trinajstić information content (AvgIpc) is 2.54. The molecule has 2 aliphatic rings. The Kier molecular flexibility index (Phi) is 11.3. The van der Waals surface area contributed by atoms with Crippen LogP contribution in [0.3, 0.4) is 0 Å². The summed E-state index contributed by atoms with van der Waals surface area (Å²) >= 11 is 1.70. The maximum atomic E-state index is 11.7. The maximum absolute atomic E-state index is 11.7. The zero-order valence-corrected chi connectivity index (χ0v) is 15.0. The van der Waals surface area contributed by atoms with Gasteiger partial charge in [-0.05, 0) is 32.2 Å². The van der Waals surface area contributed by atoms with Crippen LogP contribution in [0.15, 0.2) is 0 Å². The van der Waals surface area contributed by atoms with Crippen molar-refractivity contribution < 1.29 is 9.53 Å². The molecule has 5 nitrogen and oxygen atoms in total. The molecule has 0 saturated carbocycles. The summed E-state index contributed by atoms with van der Waals surface area (Å²) in [6.45, 7) is 7.21.